The van der Waals surface area contributed by atoms with E-state index in [1.54, 1.807) is 14.2 Å². The van der Waals surface area contributed by atoms with E-state index in [0.29, 0.717) is 19.6 Å². The van der Waals surface area contributed by atoms with Crippen LogP contribution in [0.25, 0.3) is 0 Å². The highest BCUT2D eigenvalue weighted by Gasteiger charge is 2.32. The van der Waals surface area contributed by atoms with E-state index in [1.807, 2.05) is 24.3 Å². The van der Waals surface area contributed by atoms with Crippen molar-refractivity contribution in [3.63, 3.8) is 0 Å². The molecule has 2 rings (SSSR count). The van der Waals surface area contributed by atoms with Crippen molar-refractivity contribution in [1.82, 2.24) is 5.32 Å². The third-order valence-corrected chi connectivity index (χ3v) is 3.80. The lowest BCUT2D eigenvalue weighted by Gasteiger charge is -2.22. The Labute approximate surface area is 118 Å². The van der Waals surface area contributed by atoms with Gasteiger partial charge in [0.15, 0.2) is 0 Å². The van der Waals surface area contributed by atoms with E-state index in [-0.39, 0.29) is 18.1 Å². The van der Waals surface area contributed by atoms with Gasteiger partial charge in [-0.1, -0.05) is 24.3 Å². The minimum atomic E-state index is -0.738. The molecule has 1 fully saturated rings. The monoisotopic (exact) mass is 279 g/mol. The van der Waals surface area contributed by atoms with E-state index in [2.05, 4.69) is 5.32 Å². The molecule has 5 heteroatoms. The molecule has 20 heavy (non-hydrogen) atoms. The van der Waals surface area contributed by atoms with Crippen LogP contribution in [0.5, 0.6) is 0 Å². The van der Waals surface area contributed by atoms with Gasteiger partial charge in [-0.15, -0.1) is 0 Å². The maximum Gasteiger partial charge on any atom is 0.307 e. The Hall–Kier alpha value is -1.43. The van der Waals surface area contributed by atoms with E-state index < -0.39 is 5.97 Å². The molecule has 1 heterocycles. The molecule has 1 saturated heterocycles. The number of nitrogens with one attached hydrogen (secondary N) is 1. The second-order valence-corrected chi connectivity index (χ2v) is 5.04. The molecule has 0 radical (unpaired) electrons. The minimum Gasteiger partial charge on any atom is -0.481 e. The van der Waals surface area contributed by atoms with Crippen molar-refractivity contribution in [1.29, 1.82) is 0 Å². The molecular formula is C15H21NO4. The van der Waals surface area contributed by atoms with Gasteiger partial charge in [0.1, 0.15) is 6.10 Å². The highest BCUT2D eigenvalue weighted by Crippen LogP contribution is 2.33. The number of rotatable bonds is 6. The van der Waals surface area contributed by atoms with Gasteiger partial charge in [0, 0.05) is 26.8 Å². The molecule has 2 N–H and O–H groups in total. The van der Waals surface area contributed by atoms with Crippen molar-refractivity contribution < 1.29 is 19.4 Å². The van der Waals surface area contributed by atoms with Crippen LogP contribution in [0.4, 0.5) is 0 Å². The van der Waals surface area contributed by atoms with Crippen LogP contribution in [0.1, 0.15) is 29.7 Å². The van der Waals surface area contributed by atoms with E-state index >= 15 is 0 Å². The normalized spacial score (nSPS) is 23.7. The molecule has 0 aromatic heterocycles. The van der Waals surface area contributed by atoms with E-state index in [9.17, 15) is 4.79 Å². The fourth-order valence-electron chi connectivity index (χ4n) is 2.72. The Morgan fingerprint density at radius 1 is 1.45 bits per heavy atom. The summed E-state index contributed by atoms with van der Waals surface area (Å²) in [6.45, 7) is 0.985. The van der Waals surface area contributed by atoms with Crippen molar-refractivity contribution in [3.8, 4) is 0 Å². The van der Waals surface area contributed by atoms with Crippen LogP contribution in [0.2, 0.25) is 0 Å². The van der Waals surface area contributed by atoms with Gasteiger partial charge in [0.05, 0.1) is 12.5 Å². The van der Waals surface area contributed by atoms with Gasteiger partial charge in [-0.3, -0.25) is 4.79 Å². The molecule has 1 aromatic carbocycles. The molecule has 0 amide bonds. The van der Waals surface area contributed by atoms with Gasteiger partial charge in [-0.05, 0) is 17.5 Å². The Morgan fingerprint density at radius 3 is 2.80 bits per heavy atom. The third-order valence-electron chi connectivity index (χ3n) is 3.80. The molecule has 0 aliphatic carbocycles. The second-order valence-electron chi connectivity index (χ2n) is 5.04. The number of carboxylic acids is 1. The summed E-state index contributed by atoms with van der Waals surface area (Å²) in [6.07, 6.45) is 0.470. The highest BCUT2D eigenvalue weighted by molar-refractivity contribution is 5.70. The number of benzene rings is 1. The molecule has 1 aromatic rings. The lowest BCUT2D eigenvalue weighted by molar-refractivity contribution is -0.141. The average Bonchev–Trinajstić information content (AvgIpc) is 2.95. The fraction of sp³-hybridized carbons (Fsp3) is 0.533. The summed E-state index contributed by atoms with van der Waals surface area (Å²) in [6, 6.07) is 8.02. The van der Waals surface area contributed by atoms with Crippen LogP contribution in [0, 0.1) is 5.92 Å². The van der Waals surface area contributed by atoms with Gasteiger partial charge >= 0.3 is 5.97 Å². The van der Waals surface area contributed by atoms with Crippen LogP contribution in [-0.4, -0.2) is 38.4 Å². The first kappa shape index (κ1) is 15.0. The van der Waals surface area contributed by atoms with Crippen molar-refractivity contribution in [3.05, 3.63) is 35.4 Å². The van der Waals surface area contributed by atoms with Crippen molar-refractivity contribution in [2.45, 2.75) is 18.6 Å². The SMILES string of the molecule is COCC(OC)c1ccccc1C1CC(C(=O)O)CN1. The van der Waals surface area contributed by atoms with Gasteiger partial charge < -0.3 is 19.9 Å². The topological polar surface area (TPSA) is 67.8 Å². The average molecular weight is 279 g/mol. The standard InChI is InChI=1S/C15H21NO4/c1-19-9-14(20-2)12-6-4-3-5-11(12)13-7-10(8-16-13)15(17)18/h3-6,10,13-14,16H,7-9H2,1-2H3,(H,17,18). The first-order valence-electron chi connectivity index (χ1n) is 6.74. The van der Waals surface area contributed by atoms with Gasteiger partial charge in [0.25, 0.3) is 0 Å². The first-order chi connectivity index (χ1) is 9.67. The summed E-state index contributed by atoms with van der Waals surface area (Å²) in [5, 5.41) is 12.4. The maximum absolute atomic E-state index is 11.1. The predicted molar refractivity (Wildman–Crippen MR) is 74.6 cm³/mol. The number of hydrogen-bond donors (Lipinski definition) is 2. The molecule has 1 aliphatic heterocycles. The lowest BCUT2D eigenvalue weighted by Crippen LogP contribution is -2.19. The summed E-state index contributed by atoms with van der Waals surface area (Å²) >= 11 is 0. The zero-order valence-electron chi connectivity index (χ0n) is 11.8. The number of carbonyl (C=O) groups is 1. The molecule has 0 saturated carbocycles. The minimum absolute atomic E-state index is 0.0572. The quantitative estimate of drug-likeness (QED) is 0.830. The fourth-order valence-corrected chi connectivity index (χ4v) is 2.72. The summed E-state index contributed by atoms with van der Waals surface area (Å²) in [7, 11) is 3.30. The second kappa shape index (κ2) is 6.83. The number of carboxylic acid groups (broad SMARTS) is 1. The Bertz CT molecular complexity index is 463. The summed E-state index contributed by atoms with van der Waals surface area (Å²) in [4.78, 5) is 11.1. The zero-order valence-corrected chi connectivity index (χ0v) is 11.8. The number of methoxy groups -OCH3 is 2. The van der Waals surface area contributed by atoms with E-state index in [1.165, 1.54) is 0 Å². The molecule has 110 valence electrons. The highest BCUT2D eigenvalue weighted by atomic mass is 16.5. The number of aliphatic carboxylic acids is 1. The largest absolute Gasteiger partial charge is 0.481 e. The maximum atomic E-state index is 11.1. The van der Waals surface area contributed by atoms with Gasteiger partial charge in [-0.25, -0.2) is 0 Å². The van der Waals surface area contributed by atoms with E-state index in [0.717, 1.165) is 11.1 Å². The van der Waals surface area contributed by atoms with Crippen LogP contribution >= 0.6 is 0 Å². The predicted octanol–water partition coefficient (Wildman–Crippen LogP) is 1.76. The molecule has 0 spiro atoms. The number of hydrogen-bond acceptors (Lipinski definition) is 4. The molecule has 3 atom stereocenters. The molecule has 1 aliphatic rings. The van der Waals surface area contributed by atoms with Crippen LogP contribution in [0.15, 0.2) is 24.3 Å². The van der Waals surface area contributed by atoms with Crippen molar-refractivity contribution in [2.24, 2.45) is 5.92 Å². The van der Waals surface area contributed by atoms with Gasteiger partial charge in [-0.2, -0.15) is 0 Å². The Balaban J connectivity index is 2.22. The van der Waals surface area contributed by atoms with Gasteiger partial charge in [0.2, 0.25) is 0 Å². The molecule has 3 unspecified atom stereocenters. The molecule has 5 nitrogen and oxygen atoms in total. The van der Waals surface area contributed by atoms with Crippen LogP contribution in [0.3, 0.4) is 0 Å². The third kappa shape index (κ3) is 3.17. The van der Waals surface area contributed by atoms with Crippen molar-refractivity contribution in [2.75, 3.05) is 27.4 Å². The molecule has 0 bridgehead atoms. The molecular weight excluding hydrogens is 258 g/mol. The summed E-state index contributed by atoms with van der Waals surface area (Å²) in [5.74, 6) is -1.06. The van der Waals surface area contributed by atoms with Crippen molar-refractivity contribution >= 4 is 5.97 Å². The first-order valence-corrected chi connectivity index (χ1v) is 6.74. The van der Waals surface area contributed by atoms with E-state index in [4.69, 9.17) is 14.6 Å². The van der Waals surface area contributed by atoms with Crippen LogP contribution in [-0.2, 0) is 14.3 Å². The summed E-state index contributed by atoms with van der Waals surface area (Å²) < 4.78 is 10.7. The summed E-state index contributed by atoms with van der Waals surface area (Å²) in [5.41, 5.74) is 2.15. The Morgan fingerprint density at radius 2 is 2.20 bits per heavy atom. The smallest absolute Gasteiger partial charge is 0.307 e. The van der Waals surface area contributed by atoms with Crippen LogP contribution < -0.4 is 5.32 Å². The zero-order chi connectivity index (χ0) is 14.5. The lowest BCUT2D eigenvalue weighted by atomic mass is 9.93. The number of ether oxygens (including phenoxy) is 2. The Kier molecular flexibility index (Phi) is 5.11.